The van der Waals surface area contributed by atoms with E-state index in [1.165, 1.54) is 4.31 Å². The molecule has 7 heteroatoms. The first kappa shape index (κ1) is 21.8. The van der Waals surface area contributed by atoms with Crippen LogP contribution in [0.15, 0.2) is 29.2 Å². The van der Waals surface area contributed by atoms with E-state index in [4.69, 9.17) is 0 Å². The van der Waals surface area contributed by atoms with Crippen LogP contribution < -0.4 is 0 Å². The van der Waals surface area contributed by atoms with E-state index in [0.717, 1.165) is 31.2 Å². The van der Waals surface area contributed by atoms with Crippen LogP contribution in [0.2, 0.25) is 0 Å². The Balaban J connectivity index is 1.66. The Morgan fingerprint density at radius 3 is 2.21 bits per heavy atom. The summed E-state index contributed by atoms with van der Waals surface area (Å²) < 4.78 is 27.5. The number of piperazine rings is 1. The number of nitriles is 1. The highest BCUT2D eigenvalue weighted by molar-refractivity contribution is 7.89. The molecule has 2 fully saturated rings. The molecular weight excluding hydrogens is 386 g/mol. The fourth-order valence-corrected chi connectivity index (χ4v) is 5.74. The molecule has 1 saturated carbocycles. The van der Waals surface area contributed by atoms with Gasteiger partial charge in [0.2, 0.25) is 15.9 Å². The average molecular weight is 418 g/mol. The van der Waals surface area contributed by atoms with E-state index >= 15 is 0 Å². The predicted molar refractivity (Wildman–Crippen MR) is 112 cm³/mol. The summed E-state index contributed by atoms with van der Waals surface area (Å²) in [5.74, 6) is 0.281. The summed E-state index contributed by atoms with van der Waals surface area (Å²) in [7, 11) is -3.58. The maximum absolute atomic E-state index is 13.0. The number of hydrogen-bond donors (Lipinski definition) is 0. The number of benzene rings is 1. The highest BCUT2D eigenvalue weighted by Gasteiger charge is 2.43. The van der Waals surface area contributed by atoms with Gasteiger partial charge in [-0.2, -0.15) is 9.57 Å². The molecule has 1 aliphatic carbocycles. The van der Waals surface area contributed by atoms with Gasteiger partial charge in [-0.25, -0.2) is 8.42 Å². The zero-order chi connectivity index (χ0) is 21.1. The average Bonchev–Trinajstić information content (AvgIpc) is 2.78. The monoisotopic (exact) mass is 417 g/mol. The summed E-state index contributed by atoms with van der Waals surface area (Å²) >= 11 is 0. The van der Waals surface area contributed by atoms with Crippen LogP contribution in [-0.2, 0) is 14.8 Å². The lowest BCUT2D eigenvalue weighted by Gasteiger charge is -2.39. The molecule has 2 aliphatic rings. The molecule has 0 bridgehead atoms. The third kappa shape index (κ3) is 4.34. The van der Waals surface area contributed by atoms with Crippen molar-refractivity contribution in [3.8, 4) is 6.07 Å². The van der Waals surface area contributed by atoms with Gasteiger partial charge in [0.1, 0.15) is 5.41 Å². The zero-order valence-corrected chi connectivity index (χ0v) is 18.2. The van der Waals surface area contributed by atoms with E-state index < -0.39 is 15.4 Å². The van der Waals surface area contributed by atoms with Crippen molar-refractivity contribution >= 4 is 15.9 Å². The minimum Gasteiger partial charge on any atom is -0.339 e. The predicted octanol–water partition coefficient (Wildman–Crippen LogP) is 3.51. The first-order chi connectivity index (χ1) is 13.8. The van der Waals surface area contributed by atoms with E-state index in [2.05, 4.69) is 19.9 Å². The summed E-state index contributed by atoms with van der Waals surface area (Å²) in [5.41, 5.74) is 0.224. The molecule has 0 aromatic heterocycles. The standard InChI is InChI=1S/C22H31N3O3S/c1-3-18(2)19-7-9-20(10-8-19)29(27,28)25-15-13-24(14-16-25)21(26)22(17-23)11-5-4-6-12-22/h7-10,18H,3-6,11-16H2,1-2H3. The van der Waals surface area contributed by atoms with Gasteiger partial charge in [-0.15, -0.1) is 0 Å². The maximum atomic E-state index is 13.0. The van der Waals surface area contributed by atoms with Crippen LogP contribution in [0.4, 0.5) is 0 Å². The van der Waals surface area contributed by atoms with Crippen LogP contribution in [0.3, 0.4) is 0 Å². The largest absolute Gasteiger partial charge is 0.339 e. The van der Waals surface area contributed by atoms with Gasteiger partial charge in [-0.1, -0.05) is 45.2 Å². The first-order valence-electron chi connectivity index (χ1n) is 10.6. The van der Waals surface area contributed by atoms with Crippen LogP contribution in [0, 0.1) is 16.7 Å². The van der Waals surface area contributed by atoms with Gasteiger partial charge in [-0.05, 0) is 42.9 Å². The third-order valence-electron chi connectivity index (χ3n) is 6.56. The van der Waals surface area contributed by atoms with Gasteiger partial charge in [0.15, 0.2) is 0 Å². The van der Waals surface area contributed by atoms with E-state index in [-0.39, 0.29) is 19.0 Å². The summed E-state index contributed by atoms with van der Waals surface area (Å²) in [6.07, 6.45) is 5.11. The fourth-order valence-electron chi connectivity index (χ4n) is 4.32. The number of carbonyl (C=O) groups excluding carboxylic acids is 1. The molecule has 0 spiro atoms. The lowest BCUT2D eigenvalue weighted by Crippen LogP contribution is -2.54. The lowest BCUT2D eigenvalue weighted by molar-refractivity contribution is -0.141. The van der Waals surface area contributed by atoms with Crippen LogP contribution in [0.25, 0.3) is 0 Å². The molecule has 1 unspecified atom stereocenters. The molecule has 0 radical (unpaired) electrons. The Morgan fingerprint density at radius 2 is 1.69 bits per heavy atom. The molecule has 1 saturated heterocycles. The molecule has 1 aromatic rings. The third-order valence-corrected chi connectivity index (χ3v) is 8.47. The van der Waals surface area contributed by atoms with E-state index in [1.54, 1.807) is 17.0 Å². The number of amides is 1. The van der Waals surface area contributed by atoms with Crippen molar-refractivity contribution in [2.24, 2.45) is 5.41 Å². The lowest BCUT2D eigenvalue weighted by atomic mass is 9.74. The van der Waals surface area contributed by atoms with Gasteiger partial charge in [0.25, 0.3) is 0 Å². The second-order valence-electron chi connectivity index (χ2n) is 8.33. The van der Waals surface area contributed by atoms with Gasteiger partial charge in [0, 0.05) is 26.2 Å². The smallest absolute Gasteiger partial charge is 0.243 e. The van der Waals surface area contributed by atoms with Gasteiger partial charge < -0.3 is 4.90 Å². The molecule has 29 heavy (non-hydrogen) atoms. The van der Waals surface area contributed by atoms with Crippen molar-refractivity contribution in [2.45, 2.75) is 63.2 Å². The topological polar surface area (TPSA) is 81.5 Å². The Morgan fingerprint density at radius 1 is 1.10 bits per heavy atom. The van der Waals surface area contributed by atoms with Crippen LogP contribution in [-0.4, -0.2) is 49.7 Å². The summed E-state index contributed by atoms with van der Waals surface area (Å²) in [5, 5.41) is 9.65. The number of carbonyl (C=O) groups is 1. The van der Waals surface area contributed by atoms with Crippen LogP contribution >= 0.6 is 0 Å². The van der Waals surface area contributed by atoms with Gasteiger partial charge in [0.05, 0.1) is 11.0 Å². The van der Waals surface area contributed by atoms with Crippen molar-refractivity contribution in [1.82, 2.24) is 9.21 Å². The highest BCUT2D eigenvalue weighted by atomic mass is 32.2. The molecule has 1 atom stereocenters. The quantitative estimate of drug-likeness (QED) is 0.734. The number of hydrogen-bond acceptors (Lipinski definition) is 4. The Kier molecular flexibility index (Phi) is 6.65. The van der Waals surface area contributed by atoms with Crippen molar-refractivity contribution in [3.05, 3.63) is 29.8 Å². The highest BCUT2D eigenvalue weighted by Crippen LogP contribution is 2.37. The van der Waals surface area contributed by atoms with Crippen molar-refractivity contribution in [2.75, 3.05) is 26.2 Å². The summed E-state index contributed by atoms with van der Waals surface area (Å²) in [6, 6.07) is 9.42. The van der Waals surface area contributed by atoms with Crippen molar-refractivity contribution in [3.63, 3.8) is 0 Å². The zero-order valence-electron chi connectivity index (χ0n) is 17.4. The summed E-state index contributed by atoms with van der Waals surface area (Å²) in [6.45, 7) is 5.45. The second-order valence-corrected chi connectivity index (χ2v) is 10.3. The maximum Gasteiger partial charge on any atom is 0.243 e. The van der Waals surface area contributed by atoms with Crippen molar-refractivity contribution < 1.29 is 13.2 Å². The molecule has 1 heterocycles. The van der Waals surface area contributed by atoms with E-state index in [0.29, 0.717) is 36.7 Å². The molecule has 6 nitrogen and oxygen atoms in total. The minimum atomic E-state index is -3.58. The number of nitrogens with zero attached hydrogens (tertiary/aromatic N) is 3. The molecule has 0 N–H and O–H groups in total. The fraction of sp³-hybridized carbons (Fsp3) is 0.636. The summed E-state index contributed by atoms with van der Waals surface area (Å²) in [4.78, 5) is 15.0. The van der Waals surface area contributed by atoms with Gasteiger partial charge >= 0.3 is 0 Å². The molecule has 158 valence electrons. The Labute approximate surface area is 174 Å². The SMILES string of the molecule is CCC(C)c1ccc(S(=O)(=O)N2CCN(C(=O)C3(C#N)CCCCC3)CC2)cc1. The molecule has 1 aromatic carbocycles. The molecule has 3 rings (SSSR count). The second kappa shape index (κ2) is 8.85. The number of rotatable bonds is 5. The Hall–Kier alpha value is -1.91. The normalized spacial score (nSPS) is 21.3. The minimum absolute atomic E-state index is 0.116. The van der Waals surface area contributed by atoms with E-state index in [1.807, 2.05) is 12.1 Å². The Bertz CT molecular complexity index is 860. The molecular formula is C22H31N3O3S. The van der Waals surface area contributed by atoms with Crippen molar-refractivity contribution in [1.29, 1.82) is 5.26 Å². The molecule has 1 amide bonds. The first-order valence-corrected chi connectivity index (χ1v) is 12.1. The van der Waals surface area contributed by atoms with Crippen LogP contribution in [0.5, 0.6) is 0 Å². The van der Waals surface area contributed by atoms with Crippen LogP contribution in [0.1, 0.15) is 63.9 Å². The van der Waals surface area contributed by atoms with Gasteiger partial charge in [-0.3, -0.25) is 4.79 Å². The number of sulfonamides is 1. The molecule has 1 aliphatic heterocycles. The van der Waals surface area contributed by atoms with E-state index in [9.17, 15) is 18.5 Å².